The van der Waals surface area contributed by atoms with Gasteiger partial charge in [-0.2, -0.15) is 0 Å². The van der Waals surface area contributed by atoms with Gasteiger partial charge in [-0.05, 0) is 83.1 Å². The predicted octanol–water partition coefficient (Wildman–Crippen LogP) is 3.99. The number of likely N-dealkylation sites (tertiary alicyclic amines) is 2. The second kappa shape index (κ2) is 14.1. The molecule has 4 N–H and O–H groups in total. The highest BCUT2D eigenvalue weighted by atomic mass is 16.6. The summed E-state index contributed by atoms with van der Waals surface area (Å²) in [6.07, 6.45) is 5.98. The fraction of sp³-hybridized carbons (Fsp3) is 0.514. The van der Waals surface area contributed by atoms with Gasteiger partial charge in [0.05, 0.1) is 5.54 Å². The van der Waals surface area contributed by atoms with Gasteiger partial charge in [0.15, 0.2) is 0 Å². The van der Waals surface area contributed by atoms with E-state index in [0.717, 1.165) is 40.7 Å². The number of aromatic nitrogens is 1. The van der Waals surface area contributed by atoms with E-state index in [4.69, 9.17) is 15.4 Å². The van der Waals surface area contributed by atoms with Gasteiger partial charge in [0.2, 0.25) is 12.3 Å². The van der Waals surface area contributed by atoms with Crippen molar-refractivity contribution in [3.05, 3.63) is 65.9 Å². The molecular formula is C37H51N7O5. The average Bonchev–Trinajstić information content (AvgIpc) is 3.76. The number of carbonyl (C=O) groups is 4. The highest BCUT2D eigenvalue weighted by Gasteiger charge is 2.52. The van der Waals surface area contributed by atoms with Crippen LogP contribution in [0.4, 0.5) is 10.5 Å². The molecule has 49 heavy (non-hydrogen) atoms. The zero-order valence-electron chi connectivity index (χ0n) is 29.6. The third-order valence-electron chi connectivity index (χ3n) is 10.2. The van der Waals surface area contributed by atoms with E-state index >= 15 is 0 Å². The molecule has 2 aromatic carbocycles. The minimum absolute atomic E-state index is 0.176. The maximum atomic E-state index is 14.7. The highest BCUT2D eigenvalue weighted by molar-refractivity contribution is 5.95. The fourth-order valence-electron chi connectivity index (χ4n) is 7.67. The number of hydrogen-bond acceptors (Lipinski definition) is 7. The van der Waals surface area contributed by atoms with Crippen molar-refractivity contribution in [3.8, 4) is 0 Å². The quantitative estimate of drug-likeness (QED) is 0.155. The van der Waals surface area contributed by atoms with Crippen molar-refractivity contribution < 1.29 is 23.9 Å². The highest BCUT2D eigenvalue weighted by Crippen LogP contribution is 2.43. The normalized spacial score (nSPS) is 22.3. The predicted molar refractivity (Wildman–Crippen MR) is 190 cm³/mol. The second-order valence-electron chi connectivity index (χ2n) is 14.7. The van der Waals surface area contributed by atoms with Gasteiger partial charge in [0.25, 0.3) is 5.91 Å². The number of H-pyrrole nitrogens is 1. The van der Waals surface area contributed by atoms with Crippen LogP contribution in [0.25, 0.3) is 10.9 Å². The van der Waals surface area contributed by atoms with E-state index in [-0.39, 0.29) is 17.9 Å². The number of amides is 4. The van der Waals surface area contributed by atoms with Crippen LogP contribution in [0.3, 0.4) is 0 Å². The Labute approximate surface area is 288 Å². The SMILES string of the molecule is CN1c2ccccc2CC12CCCN(C(=O)[C@@H](Cc1c[nH]c3ccccc13)N(N)C(=O)C1(C)CCCN1C(=O)OC(C)(C)C)C2.CNC=O. The first-order valence-electron chi connectivity index (χ1n) is 17.1. The Bertz CT molecular complexity index is 1680. The lowest BCUT2D eigenvalue weighted by Crippen LogP contribution is -2.66. The molecule has 12 nitrogen and oxygen atoms in total. The van der Waals surface area contributed by atoms with Gasteiger partial charge in [0.1, 0.15) is 17.2 Å². The molecule has 4 amide bonds. The number of hydrogen-bond donors (Lipinski definition) is 3. The zero-order valence-corrected chi connectivity index (χ0v) is 29.6. The Balaban J connectivity index is 0.00000111. The molecule has 2 unspecified atom stereocenters. The van der Waals surface area contributed by atoms with Gasteiger partial charge in [0, 0.05) is 62.9 Å². The summed E-state index contributed by atoms with van der Waals surface area (Å²) in [6, 6.07) is 15.4. The van der Waals surface area contributed by atoms with Crippen LogP contribution in [0.15, 0.2) is 54.7 Å². The number of ether oxygens (including phenoxy) is 1. The molecule has 0 radical (unpaired) electrons. The molecule has 4 heterocycles. The van der Waals surface area contributed by atoms with Crippen molar-refractivity contribution in [3.63, 3.8) is 0 Å². The summed E-state index contributed by atoms with van der Waals surface area (Å²) in [5.41, 5.74) is 2.20. The van der Waals surface area contributed by atoms with E-state index < -0.39 is 29.2 Å². The van der Waals surface area contributed by atoms with Crippen LogP contribution in [0.5, 0.6) is 0 Å². The van der Waals surface area contributed by atoms with E-state index in [1.54, 1.807) is 34.7 Å². The number of nitrogens with one attached hydrogen (secondary N) is 2. The third kappa shape index (κ3) is 7.10. The number of aromatic amines is 1. The summed E-state index contributed by atoms with van der Waals surface area (Å²) < 4.78 is 5.67. The minimum atomic E-state index is -1.23. The summed E-state index contributed by atoms with van der Waals surface area (Å²) in [4.78, 5) is 60.4. The van der Waals surface area contributed by atoms with Crippen molar-refractivity contribution in [2.75, 3.05) is 38.6 Å². The molecule has 3 atom stereocenters. The molecule has 2 saturated heterocycles. The van der Waals surface area contributed by atoms with E-state index in [2.05, 4.69) is 46.5 Å². The Morgan fingerprint density at radius 2 is 1.76 bits per heavy atom. The van der Waals surface area contributed by atoms with E-state index in [9.17, 15) is 14.4 Å². The van der Waals surface area contributed by atoms with Crippen molar-refractivity contribution in [2.24, 2.45) is 5.84 Å². The molecule has 1 aromatic heterocycles. The summed E-state index contributed by atoms with van der Waals surface area (Å²) in [6.45, 7) is 8.67. The lowest BCUT2D eigenvalue weighted by atomic mass is 9.85. The van der Waals surface area contributed by atoms with Crippen LogP contribution in [0.2, 0.25) is 0 Å². The van der Waals surface area contributed by atoms with Gasteiger partial charge < -0.3 is 24.8 Å². The van der Waals surface area contributed by atoms with E-state index in [0.29, 0.717) is 38.9 Å². The van der Waals surface area contributed by atoms with Gasteiger partial charge in [-0.15, -0.1) is 0 Å². The van der Waals surface area contributed by atoms with E-state index in [1.165, 1.54) is 16.2 Å². The first-order valence-corrected chi connectivity index (χ1v) is 17.1. The Morgan fingerprint density at radius 1 is 1.08 bits per heavy atom. The first kappa shape index (κ1) is 35.7. The molecular weight excluding hydrogens is 622 g/mol. The maximum absolute atomic E-state index is 14.7. The lowest BCUT2D eigenvalue weighted by molar-refractivity contribution is -0.153. The van der Waals surface area contributed by atoms with Crippen molar-refractivity contribution in [1.82, 2.24) is 25.1 Å². The number of anilines is 1. The van der Waals surface area contributed by atoms with Crippen molar-refractivity contribution in [1.29, 1.82) is 0 Å². The number of carbonyl (C=O) groups excluding carboxylic acids is 4. The van der Waals surface area contributed by atoms with Crippen LogP contribution in [-0.2, 0) is 32.0 Å². The Hall–Kier alpha value is -4.58. The van der Waals surface area contributed by atoms with Crippen LogP contribution in [-0.4, -0.2) is 101 Å². The molecule has 264 valence electrons. The van der Waals surface area contributed by atoms with Crippen LogP contribution < -0.4 is 16.1 Å². The molecule has 0 bridgehead atoms. The van der Waals surface area contributed by atoms with Gasteiger partial charge >= 0.3 is 6.09 Å². The van der Waals surface area contributed by atoms with Gasteiger partial charge in [-0.25, -0.2) is 10.6 Å². The third-order valence-corrected chi connectivity index (χ3v) is 10.2. The number of piperidine rings is 1. The molecule has 2 fully saturated rings. The number of benzene rings is 2. The summed E-state index contributed by atoms with van der Waals surface area (Å²) in [5, 5.41) is 4.35. The molecule has 0 aliphatic carbocycles. The topological polar surface area (TPSA) is 144 Å². The molecule has 3 aliphatic rings. The number of hydrazine groups is 1. The Morgan fingerprint density at radius 3 is 2.45 bits per heavy atom. The minimum Gasteiger partial charge on any atom is -0.444 e. The van der Waals surface area contributed by atoms with Crippen LogP contribution >= 0.6 is 0 Å². The smallest absolute Gasteiger partial charge is 0.411 e. The maximum Gasteiger partial charge on any atom is 0.411 e. The molecule has 1 spiro atoms. The number of rotatable bonds is 6. The summed E-state index contributed by atoms with van der Waals surface area (Å²) in [5.74, 6) is 6.13. The fourth-order valence-corrected chi connectivity index (χ4v) is 7.67. The Kier molecular flexibility index (Phi) is 10.3. The number of likely N-dealkylation sites (N-methyl/N-ethyl adjacent to an activating group) is 1. The average molecular weight is 674 g/mol. The molecule has 0 saturated carbocycles. The molecule has 3 aliphatic heterocycles. The molecule has 3 aromatic rings. The summed E-state index contributed by atoms with van der Waals surface area (Å²) >= 11 is 0. The number of nitrogens with two attached hydrogens (primary N) is 1. The monoisotopic (exact) mass is 673 g/mol. The van der Waals surface area contributed by atoms with Gasteiger partial charge in [-0.1, -0.05) is 36.4 Å². The summed E-state index contributed by atoms with van der Waals surface area (Å²) in [7, 11) is 3.68. The lowest BCUT2D eigenvalue weighted by Gasteiger charge is -2.47. The molecule has 6 rings (SSSR count). The van der Waals surface area contributed by atoms with Crippen LogP contribution in [0.1, 0.15) is 64.5 Å². The zero-order chi connectivity index (χ0) is 35.6. The second-order valence-corrected chi connectivity index (χ2v) is 14.7. The van der Waals surface area contributed by atoms with E-state index in [1.807, 2.05) is 35.4 Å². The molecule has 12 heteroatoms. The number of para-hydroxylation sites is 2. The number of nitrogens with zero attached hydrogens (tertiary/aromatic N) is 4. The number of fused-ring (bicyclic) bond motifs is 2. The standard InChI is InChI=1S/C35H46N6O4.C2H5NO/c1-33(2,3)45-32(44)40-19-10-16-34(40,4)31(43)41(36)29(20-25-22-37-27-14-8-7-13-26(25)27)30(42)39-18-11-17-35(23-39)21-24-12-6-9-15-28(24)38(35)5;1-3-2-4/h6-9,12-15,22,29,37H,10-11,16-21,23,36H2,1-5H3;2H,1H3,(H,3,4)/t29-,34?,35?;/m1./s1. The van der Waals surface area contributed by atoms with Crippen LogP contribution in [0, 0.1) is 0 Å². The van der Waals surface area contributed by atoms with Gasteiger partial charge in [-0.3, -0.25) is 24.3 Å². The van der Waals surface area contributed by atoms with Crippen molar-refractivity contribution in [2.45, 2.75) is 88.9 Å². The van der Waals surface area contributed by atoms with Crippen molar-refractivity contribution >= 4 is 40.9 Å². The first-order chi connectivity index (χ1) is 23.2. The largest absolute Gasteiger partial charge is 0.444 e.